The first kappa shape index (κ1) is 26.0. The Bertz CT molecular complexity index is 1270. The summed E-state index contributed by atoms with van der Waals surface area (Å²) >= 11 is 0. The fraction of sp³-hybridized carbons (Fsp3) is 0.500. The van der Waals surface area contributed by atoms with Crippen molar-refractivity contribution in [1.82, 2.24) is 9.13 Å². The van der Waals surface area contributed by atoms with Gasteiger partial charge in [-0.05, 0) is 36.8 Å². The molecule has 2 aromatic rings. The van der Waals surface area contributed by atoms with E-state index in [1.165, 1.54) is 11.7 Å². The Morgan fingerprint density at radius 3 is 2.50 bits per heavy atom. The van der Waals surface area contributed by atoms with Crippen molar-refractivity contribution in [2.45, 2.75) is 38.2 Å². The predicted octanol–water partition coefficient (Wildman–Crippen LogP) is 2.67. The molecule has 1 heterocycles. The molecule has 0 bridgehead atoms. The summed E-state index contributed by atoms with van der Waals surface area (Å²) in [6.45, 7) is 1.43. The zero-order chi connectivity index (χ0) is 25.3. The zero-order valence-electron chi connectivity index (χ0n) is 19.0. The van der Waals surface area contributed by atoms with Crippen molar-refractivity contribution in [1.29, 1.82) is 0 Å². The summed E-state index contributed by atoms with van der Waals surface area (Å²) < 4.78 is 77.9. The van der Waals surface area contributed by atoms with Gasteiger partial charge in [0.25, 0.3) is 0 Å². The van der Waals surface area contributed by atoms with Gasteiger partial charge in [-0.3, -0.25) is 9.13 Å². The minimum atomic E-state index is -4.64. The Hall–Kier alpha value is -2.57. The lowest BCUT2D eigenvalue weighted by atomic mass is 9.95. The van der Waals surface area contributed by atoms with Gasteiger partial charge in [-0.15, -0.1) is 0 Å². The monoisotopic (exact) mass is 504 g/mol. The summed E-state index contributed by atoms with van der Waals surface area (Å²) in [6, 6.07) is 1.84. The van der Waals surface area contributed by atoms with Crippen molar-refractivity contribution in [2.24, 2.45) is 0 Å². The number of rotatable bonds is 9. The van der Waals surface area contributed by atoms with E-state index in [1.807, 2.05) is 0 Å². The first-order valence-corrected chi connectivity index (χ1v) is 12.6. The number of alkyl halides is 3. The number of halogens is 3. The number of allylic oxidation sites excluding steroid dienone is 2. The minimum Gasteiger partial charge on any atom is -0.498 e. The number of hydrogen-bond donors (Lipinski definition) is 1. The average molecular weight is 505 g/mol. The molecule has 0 fully saturated rings. The van der Waals surface area contributed by atoms with Gasteiger partial charge in [-0.1, -0.05) is 6.08 Å². The summed E-state index contributed by atoms with van der Waals surface area (Å²) in [7, 11) is -2.14. The number of ether oxygens (including phenoxy) is 2. The Balaban J connectivity index is 2.26. The van der Waals surface area contributed by atoms with E-state index in [9.17, 15) is 31.5 Å². The highest BCUT2D eigenvalue weighted by atomic mass is 32.2. The maximum Gasteiger partial charge on any atom is 0.416 e. The van der Waals surface area contributed by atoms with Crippen LogP contribution in [-0.4, -0.2) is 61.1 Å². The van der Waals surface area contributed by atoms with Crippen LogP contribution in [0.5, 0.6) is 0 Å². The molecule has 1 N–H and O–H groups in total. The van der Waals surface area contributed by atoms with Crippen LogP contribution in [0, 0.1) is 0 Å². The molecule has 34 heavy (non-hydrogen) atoms. The number of methoxy groups -OCH3 is 1. The molecule has 0 amide bonds. The largest absolute Gasteiger partial charge is 0.498 e. The molecule has 2 atom stereocenters. The number of imidazole rings is 1. The Morgan fingerprint density at radius 2 is 1.94 bits per heavy atom. The third-order valence-corrected chi connectivity index (χ3v) is 6.54. The average Bonchev–Trinajstić information content (AvgIpc) is 3.02. The first-order chi connectivity index (χ1) is 15.9. The molecule has 0 aliphatic heterocycles. The third kappa shape index (κ3) is 5.39. The maximum absolute atomic E-state index is 13.4. The number of sulfone groups is 1. The summed E-state index contributed by atoms with van der Waals surface area (Å²) in [6.07, 6.45) is -0.604. The van der Waals surface area contributed by atoms with Crippen LogP contribution in [0.15, 0.2) is 46.5 Å². The van der Waals surface area contributed by atoms with Crippen LogP contribution in [0.25, 0.3) is 11.0 Å². The van der Waals surface area contributed by atoms with E-state index in [0.29, 0.717) is 17.9 Å². The molecule has 188 valence electrons. The molecule has 1 aliphatic rings. The van der Waals surface area contributed by atoms with E-state index in [1.54, 1.807) is 19.1 Å². The minimum absolute atomic E-state index is 0.0433. The van der Waals surface area contributed by atoms with E-state index >= 15 is 0 Å². The lowest BCUT2D eigenvalue weighted by Crippen LogP contribution is -2.34. The SMILES string of the molecule is CCOC1CC([C@H](CS(C)(=O)=O)n2c(=O)n(CCO)c3cc(C(F)(F)F)ccc32)=CC=C1OC. The predicted molar refractivity (Wildman–Crippen MR) is 120 cm³/mol. The van der Waals surface area contributed by atoms with Crippen LogP contribution < -0.4 is 5.69 Å². The molecule has 1 aliphatic carbocycles. The summed E-state index contributed by atoms with van der Waals surface area (Å²) in [4.78, 5) is 13.4. The summed E-state index contributed by atoms with van der Waals surface area (Å²) in [5.41, 5.74) is -1.03. The normalized spacial score (nSPS) is 18.0. The van der Waals surface area contributed by atoms with E-state index in [-0.39, 0.29) is 24.0 Å². The number of nitrogens with zero attached hydrogens (tertiary/aromatic N) is 2. The number of benzene rings is 1. The number of aromatic nitrogens is 2. The molecule has 1 aromatic carbocycles. The van der Waals surface area contributed by atoms with Crippen molar-refractivity contribution in [3.8, 4) is 0 Å². The molecule has 0 saturated carbocycles. The number of fused-ring (bicyclic) bond motifs is 1. The van der Waals surface area contributed by atoms with Crippen molar-refractivity contribution in [2.75, 3.05) is 32.3 Å². The Labute approximate surface area is 194 Å². The van der Waals surface area contributed by atoms with Crippen LogP contribution in [0.2, 0.25) is 0 Å². The van der Waals surface area contributed by atoms with Gasteiger partial charge in [0.05, 0.1) is 48.7 Å². The Kier molecular flexibility index (Phi) is 7.63. The second-order valence-corrected chi connectivity index (χ2v) is 10.2. The number of aliphatic hydroxyl groups excluding tert-OH is 1. The van der Waals surface area contributed by atoms with Crippen LogP contribution >= 0.6 is 0 Å². The van der Waals surface area contributed by atoms with E-state index in [4.69, 9.17) is 9.47 Å². The second-order valence-electron chi connectivity index (χ2n) is 8.00. The van der Waals surface area contributed by atoms with Crippen molar-refractivity contribution < 1.29 is 36.2 Å². The first-order valence-electron chi connectivity index (χ1n) is 10.6. The standard InChI is InChI=1S/C22H27F3N2O6S/c1-4-33-20-11-14(5-8-19(20)32-2)18(13-34(3,30)31)27-16-7-6-15(22(23,24)25)12-17(16)26(9-10-28)21(27)29/h5-8,12,18,20,28H,4,9-11,13H2,1-3H3/t18-,20?/m0/s1. The highest BCUT2D eigenvalue weighted by Crippen LogP contribution is 2.35. The summed E-state index contributed by atoms with van der Waals surface area (Å²) in [5.74, 6) is 0.0843. The van der Waals surface area contributed by atoms with Gasteiger partial charge in [0, 0.05) is 19.3 Å². The highest BCUT2D eigenvalue weighted by molar-refractivity contribution is 7.90. The molecule has 1 aromatic heterocycles. The molecular weight excluding hydrogens is 477 g/mol. The van der Waals surface area contributed by atoms with Gasteiger partial charge in [0.15, 0.2) is 0 Å². The second kappa shape index (κ2) is 9.96. The van der Waals surface area contributed by atoms with Gasteiger partial charge in [-0.2, -0.15) is 13.2 Å². The van der Waals surface area contributed by atoms with Crippen LogP contribution in [0.1, 0.15) is 24.9 Å². The molecular formula is C22H27F3N2O6S. The lowest BCUT2D eigenvalue weighted by Gasteiger charge is -2.28. The van der Waals surface area contributed by atoms with E-state index in [0.717, 1.165) is 29.0 Å². The van der Waals surface area contributed by atoms with Gasteiger partial charge < -0.3 is 14.6 Å². The third-order valence-electron chi connectivity index (χ3n) is 5.62. The molecule has 8 nitrogen and oxygen atoms in total. The number of aliphatic hydroxyl groups is 1. The van der Waals surface area contributed by atoms with Gasteiger partial charge in [0.1, 0.15) is 21.7 Å². The van der Waals surface area contributed by atoms with Crippen LogP contribution in [0.4, 0.5) is 13.2 Å². The Morgan fingerprint density at radius 1 is 1.24 bits per heavy atom. The van der Waals surface area contributed by atoms with Crippen molar-refractivity contribution in [3.63, 3.8) is 0 Å². The molecule has 0 saturated heterocycles. The quantitative estimate of drug-likeness (QED) is 0.564. The van der Waals surface area contributed by atoms with Gasteiger partial charge >= 0.3 is 11.9 Å². The van der Waals surface area contributed by atoms with E-state index < -0.39 is 51.8 Å². The van der Waals surface area contributed by atoms with E-state index in [2.05, 4.69) is 0 Å². The van der Waals surface area contributed by atoms with Crippen molar-refractivity contribution in [3.05, 3.63) is 57.7 Å². The fourth-order valence-corrected chi connectivity index (χ4v) is 5.11. The highest BCUT2D eigenvalue weighted by Gasteiger charge is 2.34. The molecule has 1 unspecified atom stereocenters. The smallest absolute Gasteiger partial charge is 0.416 e. The topological polar surface area (TPSA) is 99.8 Å². The molecule has 0 spiro atoms. The summed E-state index contributed by atoms with van der Waals surface area (Å²) in [5, 5.41) is 9.43. The molecule has 12 heteroatoms. The van der Waals surface area contributed by atoms with Gasteiger partial charge in [0.2, 0.25) is 0 Å². The lowest BCUT2D eigenvalue weighted by molar-refractivity contribution is -0.137. The fourth-order valence-electron chi connectivity index (χ4n) is 4.18. The number of hydrogen-bond acceptors (Lipinski definition) is 6. The molecule has 0 radical (unpaired) electrons. The van der Waals surface area contributed by atoms with Crippen molar-refractivity contribution >= 4 is 20.9 Å². The maximum atomic E-state index is 13.4. The van der Waals surface area contributed by atoms with Gasteiger partial charge in [-0.25, -0.2) is 13.2 Å². The van der Waals surface area contributed by atoms with Crippen LogP contribution in [-0.2, 0) is 32.0 Å². The molecule has 3 rings (SSSR count). The zero-order valence-corrected chi connectivity index (χ0v) is 19.8. The van der Waals surface area contributed by atoms with Crippen LogP contribution in [0.3, 0.4) is 0 Å².